The second-order valence-electron chi connectivity index (χ2n) is 6.15. The van der Waals surface area contributed by atoms with E-state index in [4.69, 9.17) is 11.6 Å². The minimum atomic E-state index is 0.0483. The van der Waals surface area contributed by atoms with Crippen LogP contribution in [-0.4, -0.2) is 38.8 Å². The van der Waals surface area contributed by atoms with Crippen LogP contribution < -0.4 is 0 Å². The second kappa shape index (κ2) is 8.03. The van der Waals surface area contributed by atoms with Crippen LogP contribution in [0.25, 0.3) is 0 Å². The van der Waals surface area contributed by atoms with E-state index in [1.165, 1.54) is 37.4 Å². The van der Waals surface area contributed by atoms with E-state index in [2.05, 4.69) is 15.2 Å². The highest BCUT2D eigenvalue weighted by molar-refractivity contribution is 7.99. The molecular weight excluding hydrogens is 344 g/mol. The first-order chi connectivity index (χ1) is 11.6. The Balaban J connectivity index is 1.49. The molecule has 0 bridgehead atoms. The van der Waals surface area contributed by atoms with Crippen LogP contribution in [0.5, 0.6) is 0 Å². The highest BCUT2D eigenvalue weighted by Gasteiger charge is 2.21. The fourth-order valence-electron chi connectivity index (χ4n) is 2.94. The van der Waals surface area contributed by atoms with Crippen LogP contribution in [0.4, 0.5) is 0 Å². The van der Waals surface area contributed by atoms with Gasteiger partial charge in [0.1, 0.15) is 5.82 Å². The Labute approximate surface area is 151 Å². The summed E-state index contributed by atoms with van der Waals surface area (Å²) in [6.07, 6.45) is 4.89. The number of amides is 1. The third kappa shape index (κ3) is 4.51. The number of aromatic nitrogens is 3. The molecule has 0 radical (unpaired) electrons. The van der Waals surface area contributed by atoms with Crippen molar-refractivity contribution in [3.8, 4) is 0 Å². The molecule has 1 amide bonds. The standard InChI is InChI=1S/C17H21ClN4OS/c1-22(10-12-5-4-8-14(18)9-12)15(23)11-24-17-19-16(20-21-17)13-6-2-3-7-13/h4-5,8-9,13H,2-3,6-7,10-11H2,1H3,(H,19,20,21). The van der Waals surface area contributed by atoms with E-state index in [0.29, 0.717) is 28.4 Å². The molecule has 1 aromatic carbocycles. The number of hydrogen-bond acceptors (Lipinski definition) is 4. The maximum atomic E-state index is 12.3. The Morgan fingerprint density at radius 3 is 2.96 bits per heavy atom. The summed E-state index contributed by atoms with van der Waals surface area (Å²) in [7, 11) is 1.80. The molecule has 7 heteroatoms. The Bertz CT molecular complexity index is 699. The zero-order valence-corrected chi connectivity index (χ0v) is 15.2. The molecule has 24 heavy (non-hydrogen) atoms. The van der Waals surface area contributed by atoms with Crippen molar-refractivity contribution in [2.45, 2.75) is 43.3 Å². The predicted molar refractivity (Wildman–Crippen MR) is 96.2 cm³/mol. The van der Waals surface area contributed by atoms with Gasteiger partial charge < -0.3 is 4.90 Å². The van der Waals surface area contributed by atoms with Crippen LogP contribution in [0.3, 0.4) is 0 Å². The minimum Gasteiger partial charge on any atom is -0.341 e. The number of nitrogens with one attached hydrogen (secondary N) is 1. The lowest BCUT2D eigenvalue weighted by Crippen LogP contribution is -2.27. The molecule has 0 saturated heterocycles. The number of thioether (sulfide) groups is 1. The summed E-state index contributed by atoms with van der Waals surface area (Å²) in [5.74, 6) is 1.86. The molecule has 5 nitrogen and oxygen atoms in total. The summed E-state index contributed by atoms with van der Waals surface area (Å²) in [6.45, 7) is 0.543. The van der Waals surface area contributed by atoms with Crippen LogP contribution in [0.2, 0.25) is 5.02 Å². The molecule has 1 saturated carbocycles. The number of carbonyl (C=O) groups is 1. The minimum absolute atomic E-state index is 0.0483. The molecule has 1 aliphatic rings. The van der Waals surface area contributed by atoms with Crippen molar-refractivity contribution in [3.05, 3.63) is 40.7 Å². The number of carbonyl (C=O) groups excluding carboxylic acids is 1. The molecule has 0 unspecified atom stereocenters. The van der Waals surface area contributed by atoms with Gasteiger partial charge in [-0.1, -0.05) is 48.3 Å². The monoisotopic (exact) mass is 364 g/mol. The molecule has 0 aliphatic heterocycles. The van der Waals surface area contributed by atoms with Crippen molar-refractivity contribution in [1.29, 1.82) is 0 Å². The smallest absolute Gasteiger partial charge is 0.233 e. The average molecular weight is 365 g/mol. The Hall–Kier alpha value is -1.53. The summed E-state index contributed by atoms with van der Waals surface area (Å²) < 4.78 is 0. The Morgan fingerprint density at radius 2 is 2.21 bits per heavy atom. The number of nitrogens with zero attached hydrogens (tertiary/aromatic N) is 3. The average Bonchev–Trinajstić information content (AvgIpc) is 3.23. The fourth-order valence-corrected chi connectivity index (χ4v) is 3.90. The zero-order valence-electron chi connectivity index (χ0n) is 13.7. The highest BCUT2D eigenvalue weighted by Crippen LogP contribution is 2.32. The lowest BCUT2D eigenvalue weighted by molar-refractivity contribution is -0.127. The lowest BCUT2D eigenvalue weighted by atomic mass is 10.1. The number of hydrogen-bond donors (Lipinski definition) is 1. The van der Waals surface area contributed by atoms with Gasteiger partial charge in [0.05, 0.1) is 5.75 Å². The topological polar surface area (TPSA) is 61.9 Å². The van der Waals surface area contributed by atoms with Crippen LogP contribution in [0.1, 0.15) is 43.0 Å². The number of aromatic amines is 1. The number of halogens is 1. The van der Waals surface area contributed by atoms with Gasteiger partial charge in [-0.15, -0.1) is 5.10 Å². The van der Waals surface area contributed by atoms with Crippen molar-refractivity contribution in [1.82, 2.24) is 20.1 Å². The largest absolute Gasteiger partial charge is 0.341 e. The molecule has 1 N–H and O–H groups in total. The van der Waals surface area contributed by atoms with Crippen LogP contribution in [0, 0.1) is 0 Å². The summed E-state index contributed by atoms with van der Waals surface area (Å²) in [5, 5.41) is 8.59. The number of rotatable bonds is 6. The quantitative estimate of drug-likeness (QED) is 0.790. The molecule has 1 aliphatic carbocycles. The van der Waals surface area contributed by atoms with Gasteiger partial charge in [-0.05, 0) is 30.5 Å². The summed E-state index contributed by atoms with van der Waals surface area (Å²) in [5.41, 5.74) is 1.02. The van der Waals surface area contributed by atoms with Gasteiger partial charge in [-0.25, -0.2) is 4.98 Å². The molecule has 0 spiro atoms. The van der Waals surface area contributed by atoms with Crippen LogP contribution >= 0.6 is 23.4 Å². The molecule has 1 aromatic heterocycles. The normalized spacial score (nSPS) is 14.9. The molecule has 1 heterocycles. The predicted octanol–water partition coefficient (Wildman–Crippen LogP) is 3.87. The van der Waals surface area contributed by atoms with Crippen molar-refractivity contribution in [2.24, 2.45) is 0 Å². The van der Waals surface area contributed by atoms with E-state index in [-0.39, 0.29) is 5.91 Å². The number of benzene rings is 1. The molecule has 1 fully saturated rings. The van der Waals surface area contributed by atoms with E-state index in [1.807, 2.05) is 24.3 Å². The first-order valence-corrected chi connectivity index (χ1v) is 9.51. The SMILES string of the molecule is CN(Cc1cccc(Cl)c1)C(=O)CSc1n[nH]c(C2CCCC2)n1. The van der Waals surface area contributed by atoms with Gasteiger partial charge in [0.2, 0.25) is 11.1 Å². The summed E-state index contributed by atoms with van der Waals surface area (Å²) >= 11 is 7.36. The van der Waals surface area contributed by atoms with Gasteiger partial charge in [-0.2, -0.15) is 0 Å². The molecular formula is C17H21ClN4OS. The molecule has 3 rings (SSSR count). The molecule has 2 aromatic rings. The maximum Gasteiger partial charge on any atom is 0.233 e. The van der Waals surface area contributed by atoms with E-state index in [0.717, 1.165) is 11.4 Å². The first kappa shape index (κ1) is 17.3. The van der Waals surface area contributed by atoms with Crippen molar-refractivity contribution in [2.75, 3.05) is 12.8 Å². The van der Waals surface area contributed by atoms with Crippen LogP contribution in [0.15, 0.2) is 29.4 Å². The maximum absolute atomic E-state index is 12.3. The van der Waals surface area contributed by atoms with Gasteiger partial charge >= 0.3 is 0 Å². The van der Waals surface area contributed by atoms with Crippen molar-refractivity contribution < 1.29 is 4.79 Å². The third-order valence-electron chi connectivity index (χ3n) is 4.28. The molecule has 128 valence electrons. The van der Waals surface area contributed by atoms with Crippen molar-refractivity contribution in [3.63, 3.8) is 0 Å². The van der Waals surface area contributed by atoms with E-state index >= 15 is 0 Å². The third-order valence-corrected chi connectivity index (χ3v) is 5.35. The zero-order chi connectivity index (χ0) is 16.9. The van der Waals surface area contributed by atoms with Gasteiger partial charge in [0, 0.05) is 24.5 Å². The van der Waals surface area contributed by atoms with E-state index < -0.39 is 0 Å². The van der Waals surface area contributed by atoms with Crippen LogP contribution in [-0.2, 0) is 11.3 Å². The second-order valence-corrected chi connectivity index (χ2v) is 7.53. The van der Waals surface area contributed by atoms with Gasteiger partial charge in [0.25, 0.3) is 0 Å². The van der Waals surface area contributed by atoms with Gasteiger partial charge in [0.15, 0.2) is 0 Å². The Kier molecular flexibility index (Phi) is 5.79. The van der Waals surface area contributed by atoms with E-state index in [1.54, 1.807) is 11.9 Å². The molecule has 0 atom stereocenters. The highest BCUT2D eigenvalue weighted by atomic mass is 35.5. The first-order valence-electron chi connectivity index (χ1n) is 8.15. The lowest BCUT2D eigenvalue weighted by Gasteiger charge is -2.16. The van der Waals surface area contributed by atoms with E-state index in [9.17, 15) is 4.79 Å². The van der Waals surface area contributed by atoms with Crippen molar-refractivity contribution >= 4 is 29.3 Å². The summed E-state index contributed by atoms with van der Waals surface area (Å²) in [4.78, 5) is 18.5. The Morgan fingerprint density at radius 1 is 1.42 bits per heavy atom. The number of H-pyrrole nitrogens is 1. The summed E-state index contributed by atoms with van der Waals surface area (Å²) in [6, 6.07) is 7.56. The van der Waals surface area contributed by atoms with Gasteiger partial charge in [-0.3, -0.25) is 9.89 Å². The fraction of sp³-hybridized carbons (Fsp3) is 0.471.